The molecule has 2 aliphatic rings. The highest BCUT2D eigenvalue weighted by molar-refractivity contribution is 7.89. The molecule has 2 N–H and O–H groups in total. The third-order valence-corrected chi connectivity index (χ3v) is 8.55. The third-order valence-electron chi connectivity index (χ3n) is 6.38. The Kier molecular flexibility index (Phi) is 6.85. The minimum Gasteiger partial charge on any atom is -0.339 e. The van der Waals surface area contributed by atoms with E-state index < -0.39 is 10.0 Å². The largest absolute Gasteiger partial charge is 0.339 e. The molecule has 4 rings (SSSR count). The average Bonchev–Trinajstić information content (AvgIpc) is 3.29. The summed E-state index contributed by atoms with van der Waals surface area (Å²) in [6.07, 6.45) is 0.624. The molecule has 0 spiro atoms. The fourth-order valence-corrected chi connectivity index (χ4v) is 5.83. The zero-order chi connectivity index (χ0) is 23.8. The molecular weight excluding hydrogens is 460 g/mol. The van der Waals surface area contributed by atoms with Crippen LogP contribution in [0.3, 0.4) is 0 Å². The Bertz CT molecular complexity index is 1090. The van der Waals surface area contributed by atoms with E-state index in [1.165, 1.54) is 4.31 Å². The monoisotopic (exact) mass is 490 g/mol. The van der Waals surface area contributed by atoms with Crippen molar-refractivity contribution in [2.75, 3.05) is 26.2 Å². The molecule has 2 fully saturated rings. The fraction of sp³-hybridized carbons (Fsp3) is 0.458. The summed E-state index contributed by atoms with van der Waals surface area (Å²) in [5.74, 6) is -0.00876. The predicted octanol–water partition coefficient (Wildman–Crippen LogP) is 3.08. The molecule has 2 aromatic carbocycles. The van der Waals surface area contributed by atoms with Gasteiger partial charge >= 0.3 is 0 Å². The molecule has 2 aliphatic heterocycles. The molecule has 33 heavy (non-hydrogen) atoms. The van der Waals surface area contributed by atoms with E-state index >= 15 is 0 Å². The van der Waals surface area contributed by atoms with Gasteiger partial charge in [-0.05, 0) is 47.2 Å². The van der Waals surface area contributed by atoms with Crippen LogP contribution in [0.2, 0.25) is 5.02 Å². The molecular formula is C24H31ClN4O3S. The Labute approximate surface area is 201 Å². The van der Waals surface area contributed by atoms with Crippen molar-refractivity contribution < 1.29 is 13.2 Å². The third kappa shape index (κ3) is 5.25. The first kappa shape index (κ1) is 24.2. The van der Waals surface area contributed by atoms with Gasteiger partial charge < -0.3 is 4.90 Å². The summed E-state index contributed by atoms with van der Waals surface area (Å²) in [7, 11) is -3.58. The first-order valence-electron chi connectivity index (χ1n) is 11.2. The van der Waals surface area contributed by atoms with E-state index in [1.807, 2.05) is 36.4 Å². The number of piperazine rings is 1. The Morgan fingerprint density at radius 3 is 2.12 bits per heavy atom. The molecule has 2 saturated heterocycles. The summed E-state index contributed by atoms with van der Waals surface area (Å²) < 4.78 is 27.7. The van der Waals surface area contributed by atoms with Crippen LogP contribution < -0.4 is 10.9 Å². The van der Waals surface area contributed by atoms with Crippen LogP contribution in [-0.4, -0.2) is 55.8 Å². The van der Waals surface area contributed by atoms with Crippen LogP contribution in [0.1, 0.15) is 44.4 Å². The average molecular weight is 491 g/mol. The van der Waals surface area contributed by atoms with Gasteiger partial charge in [-0.2, -0.15) is 4.31 Å². The second-order valence-electron chi connectivity index (χ2n) is 9.68. The number of nitrogens with one attached hydrogen (secondary N) is 2. The standard InChI is InChI=1S/C24H31ClN4O3S/c1-24(2,3)18-6-10-20(11-7-18)33(31,32)29-14-12-28(13-15-29)23(30)22-16-21(26-27-22)17-4-8-19(25)9-5-17/h4-11,21-22,26-27H,12-16H2,1-3H3. The first-order valence-corrected chi connectivity index (χ1v) is 13.0. The number of hydrazine groups is 1. The van der Waals surface area contributed by atoms with Gasteiger partial charge in [0.2, 0.25) is 15.9 Å². The molecule has 1 amide bonds. The van der Waals surface area contributed by atoms with Crippen molar-refractivity contribution in [3.8, 4) is 0 Å². The number of rotatable bonds is 4. The highest BCUT2D eigenvalue weighted by Gasteiger charge is 2.36. The molecule has 0 aliphatic carbocycles. The number of sulfonamides is 1. The lowest BCUT2D eigenvalue weighted by Crippen LogP contribution is -2.54. The summed E-state index contributed by atoms with van der Waals surface area (Å²) in [6.45, 7) is 7.62. The number of benzene rings is 2. The Balaban J connectivity index is 1.34. The molecule has 2 heterocycles. The quantitative estimate of drug-likeness (QED) is 0.688. The lowest BCUT2D eigenvalue weighted by molar-refractivity contribution is -0.134. The minimum atomic E-state index is -3.58. The molecule has 0 saturated carbocycles. The maximum absolute atomic E-state index is 13.1. The van der Waals surface area contributed by atoms with Crippen molar-refractivity contribution in [2.24, 2.45) is 0 Å². The van der Waals surface area contributed by atoms with Crippen molar-refractivity contribution in [3.63, 3.8) is 0 Å². The number of hydrogen-bond acceptors (Lipinski definition) is 5. The molecule has 7 nitrogen and oxygen atoms in total. The van der Waals surface area contributed by atoms with Gasteiger partial charge in [0, 0.05) is 37.2 Å². The number of hydrogen-bond donors (Lipinski definition) is 2. The van der Waals surface area contributed by atoms with Gasteiger partial charge in [-0.15, -0.1) is 0 Å². The number of carbonyl (C=O) groups excluding carboxylic acids is 1. The predicted molar refractivity (Wildman–Crippen MR) is 129 cm³/mol. The van der Waals surface area contributed by atoms with Gasteiger partial charge in [0.25, 0.3) is 0 Å². The zero-order valence-electron chi connectivity index (χ0n) is 19.2. The smallest absolute Gasteiger partial charge is 0.243 e. The molecule has 2 aromatic rings. The Hall–Kier alpha value is -1.97. The summed E-state index contributed by atoms with van der Waals surface area (Å²) in [5.41, 5.74) is 8.40. The molecule has 2 atom stereocenters. The molecule has 9 heteroatoms. The minimum absolute atomic E-state index is 0.00876. The molecule has 0 bridgehead atoms. The normalized spacial score (nSPS) is 22.5. The summed E-state index contributed by atoms with van der Waals surface area (Å²) >= 11 is 5.96. The van der Waals surface area contributed by atoms with Gasteiger partial charge in [-0.1, -0.05) is 56.6 Å². The van der Waals surface area contributed by atoms with Crippen LogP contribution in [0.5, 0.6) is 0 Å². The van der Waals surface area contributed by atoms with E-state index in [0.717, 1.165) is 11.1 Å². The summed E-state index contributed by atoms with van der Waals surface area (Å²) in [4.78, 5) is 15.1. The van der Waals surface area contributed by atoms with E-state index in [1.54, 1.807) is 17.0 Å². The number of carbonyl (C=O) groups is 1. The van der Waals surface area contributed by atoms with Gasteiger partial charge in [-0.3, -0.25) is 4.79 Å². The molecule has 0 aromatic heterocycles. The van der Waals surface area contributed by atoms with Gasteiger partial charge in [0.05, 0.1) is 4.90 Å². The Morgan fingerprint density at radius 2 is 1.55 bits per heavy atom. The van der Waals surface area contributed by atoms with Crippen molar-refractivity contribution in [2.45, 2.75) is 49.6 Å². The van der Waals surface area contributed by atoms with E-state index in [2.05, 4.69) is 31.6 Å². The van der Waals surface area contributed by atoms with E-state index in [-0.39, 0.29) is 36.5 Å². The van der Waals surface area contributed by atoms with Crippen molar-refractivity contribution in [1.82, 2.24) is 20.1 Å². The van der Waals surface area contributed by atoms with Crippen molar-refractivity contribution >= 4 is 27.5 Å². The van der Waals surface area contributed by atoms with Gasteiger partial charge in [0.1, 0.15) is 6.04 Å². The fourth-order valence-electron chi connectivity index (χ4n) is 4.28. The van der Waals surface area contributed by atoms with Crippen molar-refractivity contribution in [1.29, 1.82) is 0 Å². The SMILES string of the molecule is CC(C)(C)c1ccc(S(=O)(=O)N2CCN(C(=O)C3CC(c4ccc(Cl)cc4)NN3)CC2)cc1. The Morgan fingerprint density at radius 1 is 0.939 bits per heavy atom. The number of halogens is 1. The van der Waals surface area contributed by atoms with Crippen LogP contribution in [0.15, 0.2) is 53.4 Å². The van der Waals surface area contributed by atoms with E-state index in [4.69, 9.17) is 11.6 Å². The topological polar surface area (TPSA) is 81.8 Å². The summed E-state index contributed by atoms with van der Waals surface area (Å²) in [6, 6.07) is 14.4. The second-order valence-corrected chi connectivity index (χ2v) is 12.1. The van der Waals surface area contributed by atoms with E-state index in [0.29, 0.717) is 29.4 Å². The van der Waals surface area contributed by atoms with Crippen LogP contribution in [-0.2, 0) is 20.2 Å². The summed E-state index contributed by atoms with van der Waals surface area (Å²) in [5, 5.41) is 0.676. The van der Waals surface area contributed by atoms with Crippen LogP contribution >= 0.6 is 11.6 Å². The number of nitrogens with zero attached hydrogens (tertiary/aromatic N) is 2. The van der Waals surface area contributed by atoms with Gasteiger partial charge in [0.15, 0.2) is 0 Å². The van der Waals surface area contributed by atoms with E-state index in [9.17, 15) is 13.2 Å². The highest BCUT2D eigenvalue weighted by Crippen LogP contribution is 2.27. The maximum atomic E-state index is 13.1. The van der Waals surface area contributed by atoms with Gasteiger partial charge in [-0.25, -0.2) is 19.3 Å². The van der Waals surface area contributed by atoms with Crippen LogP contribution in [0, 0.1) is 0 Å². The first-order chi connectivity index (χ1) is 15.6. The molecule has 178 valence electrons. The zero-order valence-corrected chi connectivity index (χ0v) is 20.8. The molecule has 0 radical (unpaired) electrons. The van der Waals surface area contributed by atoms with Crippen molar-refractivity contribution in [3.05, 3.63) is 64.7 Å². The number of amides is 1. The lowest BCUT2D eigenvalue weighted by Gasteiger charge is -2.35. The second kappa shape index (κ2) is 9.35. The van der Waals surface area contributed by atoms with Crippen LogP contribution in [0.25, 0.3) is 0 Å². The maximum Gasteiger partial charge on any atom is 0.243 e. The lowest BCUT2D eigenvalue weighted by atomic mass is 9.87. The molecule has 2 unspecified atom stereocenters. The highest BCUT2D eigenvalue weighted by atomic mass is 35.5. The van der Waals surface area contributed by atoms with Crippen LogP contribution in [0.4, 0.5) is 0 Å².